The number of aromatic nitrogens is 1. The molecule has 94 valence electrons. The zero-order chi connectivity index (χ0) is 12.8. The van der Waals surface area contributed by atoms with Gasteiger partial charge in [0.2, 0.25) is 0 Å². The fraction of sp³-hybridized carbons (Fsp3) is 0.214. The molecule has 0 fully saturated rings. The van der Waals surface area contributed by atoms with Crippen LogP contribution in [0.25, 0.3) is 0 Å². The van der Waals surface area contributed by atoms with E-state index in [0.717, 1.165) is 11.3 Å². The van der Waals surface area contributed by atoms with Gasteiger partial charge < -0.3 is 15.5 Å². The SMILES string of the molecule is OC[C@@H](NCc1ccc(O)cn1)c1ccccc1. The molecule has 4 heteroatoms. The molecule has 0 aliphatic rings. The Balaban J connectivity index is 1.97. The van der Waals surface area contributed by atoms with Gasteiger partial charge >= 0.3 is 0 Å². The molecule has 0 aliphatic heterocycles. The van der Waals surface area contributed by atoms with Gasteiger partial charge in [-0.2, -0.15) is 0 Å². The van der Waals surface area contributed by atoms with Crippen LogP contribution < -0.4 is 5.32 Å². The molecule has 2 aromatic rings. The van der Waals surface area contributed by atoms with E-state index < -0.39 is 0 Å². The standard InChI is InChI=1S/C14H16N2O2/c17-10-14(11-4-2-1-3-5-11)16-8-12-6-7-13(18)9-15-12/h1-7,9,14,16-18H,8,10H2/t14-/m1/s1. The third kappa shape index (κ3) is 3.29. The van der Waals surface area contributed by atoms with Crippen LogP contribution in [0, 0.1) is 0 Å². The van der Waals surface area contributed by atoms with Gasteiger partial charge in [0.15, 0.2) is 0 Å². The Morgan fingerprint density at radius 2 is 1.89 bits per heavy atom. The zero-order valence-electron chi connectivity index (χ0n) is 9.95. The number of hydrogen-bond acceptors (Lipinski definition) is 4. The van der Waals surface area contributed by atoms with Crippen molar-refractivity contribution in [3.8, 4) is 5.75 Å². The minimum absolute atomic E-state index is 0.0299. The molecular weight excluding hydrogens is 228 g/mol. The van der Waals surface area contributed by atoms with E-state index in [9.17, 15) is 5.11 Å². The topological polar surface area (TPSA) is 65.4 Å². The Bertz CT molecular complexity index is 471. The quantitative estimate of drug-likeness (QED) is 0.747. The molecule has 18 heavy (non-hydrogen) atoms. The Hall–Kier alpha value is -1.91. The smallest absolute Gasteiger partial charge is 0.133 e. The van der Waals surface area contributed by atoms with Gasteiger partial charge in [0.05, 0.1) is 24.5 Å². The summed E-state index contributed by atoms with van der Waals surface area (Å²) in [6, 6.07) is 13.0. The van der Waals surface area contributed by atoms with Crippen molar-refractivity contribution >= 4 is 0 Å². The zero-order valence-corrected chi connectivity index (χ0v) is 9.95. The molecule has 1 heterocycles. The third-order valence-corrected chi connectivity index (χ3v) is 2.72. The van der Waals surface area contributed by atoms with Gasteiger partial charge in [-0.3, -0.25) is 4.98 Å². The van der Waals surface area contributed by atoms with Gasteiger partial charge in [0.1, 0.15) is 5.75 Å². The lowest BCUT2D eigenvalue weighted by molar-refractivity contribution is 0.243. The molecule has 0 spiro atoms. The second kappa shape index (κ2) is 6.14. The van der Waals surface area contributed by atoms with Gasteiger partial charge in [-0.15, -0.1) is 0 Å². The summed E-state index contributed by atoms with van der Waals surface area (Å²) < 4.78 is 0. The lowest BCUT2D eigenvalue weighted by Gasteiger charge is -2.16. The largest absolute Gasteiger partial charge is 0.506 e. The van der Waals surface area contributed by atoms with Crippen molar-refractivity contribution in [2.45, 2.75) is 12.6 Å². The number of nitrogens with one attached hydrogen (secondary N) is 1. The molecule has 1 aromatic carbocycles. The predicted octanol–water partition coefficient (Wildman–Crippen LogP) is 1.61. The maximum atomic E-state index is 9.38. The van der Waals surface area contributed by atoms with Crippen molar-refractivity contribution in [1.29, 1.82) is 0 Å². The van der Waals surface area contributed by atoms with Crippen LogP contribution in [-0.4, -0.2) is 21.8 Å². The number of aliphatic hydroxyl groups is 1. The highest BCUT2D eigenvalue weighted by Gasteiger charge is 2.09. The number of rotatable bonds is 5. The Morgan fingerprint density at radius 1 is 1.11 bits per heavy atom. The van der Waals surface area contributed by atoms with Crippen molar-refractivity contribution in [1.82, 2.24) is 10.3 Å². The van der Waals surface area contributed by atoms with Crippen LogP contribution in [0.4, 0.5) is 0 Å². The molecule has 2 rings (SSSR count). The molecule has 0 radical (unpaired) electrons. The average Bonchev–Trinajstić information content (AvgIpc) is 2.43. The van der Waals surface area contributed by atoms with Gasteiger partial charge in [-0.05, 0) is 17.7 Å². The molecule has 0 amide bonds. The molecular formula is C14H16N2O2. The highest BCUT2D eigenvalue weighted by Crippen LogP contribution is 2.13. The summed E-state index contributed by atoms with van der Waals surface area (Å²) in [5.41, 5.74) is 1.86. The average molecular weight is 244 g/mol. The number of aliphatic hydroxyl groups excluding tert-OH is 1. The minimum Gasteiger partial charge on any atom is -0.506 e. The van der Waals surface area contributed by atoms with Crippen LogP contribution in [0.1, 0.15) is 17.3 Å². The maximum absolute atomic E-state index is 9.38. The number of benzene rings is 1. The predicted molar refractivity (Wildman–Crippen MR) is 69.0 cm³/mol. The maximum Gasteiger partial charge on any atom is 0.133 e. The van der Waals surface area contributed by atoms with Crippen molar-refractivity contribution in [3.63, 3.8) is 0 Å². The van der Waals surface area contributed by atoms with Crippen molar-refractivity contribution in [2.24, 2.45) is 0 Å². The van der Waals surface area contributed by atoms with E-state index in [1.807, 2.05) is 30.3 Å². The van der Waals surface area contributed by atoms with Crippen LogP contribution in [0.5, 0.6) is 5.75 Å². The first-order chi connectivity index (χ1) is 8.79. The molecule has 0 unspecified atom stereocenters. The molecule has 1 atom stereocenters. The van der Waals surface area contributed by atoms with Crippen LogP contribution in [0.2, 0.25) is 0 Å². The van der Waals surface area contributed by atoms with Crippen LogP contribution in [0.15, 0.2) is 48.7 Å². The van der Waals surface area contributed by atoms with Crippen molar-refractivity contribution < 1.29 is 10.2 Å². The fourth-order valence-electron chi connectivity index (χ4n) is 1.72. The lowest BCUT2D eigenvalue weighted by atomic mass is 10.1. The second-order valence-electron chi connectivity index (χ2n) is 4.03. The van der Waals surface area contributed by atoms with Crippen molar-refractivity contribution in [2.75, 3.05) is 6.61 Å². The molecule has 0 bridgehead atoms. The highest BCUT2D eigenvalue weighted by atomic mass is 16.3. The Labute approximate surface area is 106 Å². The summed E-state index contributed by atoms with van der Waals surface area (Å²) in [5.74, 6) is 0.153. The summed E-state index contributed by atoms with van der Waals surface area (Å²) in [7, 11) is 0. The van der Waals surface area contributed by atoms with Gasteiger partial charge in [0.25, 0.3) is 0 Å². The number of aromatic hydroxyl groups is 1. The molecule has 3 N–H and O–H groups in total. The van der Waals surface area contributed by atoms with Crippen LogP contribution in [0.3, 0.4) is 0 Å². The van der Waals surface area contributed by atoms with E-state index in [1.165, 1.54) is 6.20 Å². The third-order valence-electron chi connectivity index (χ3n) is 2.72. The van der Waals surface area contributed by atoms with Gasteiger partial charge in [-0.1, -0.05) is 30.3 Å². The number of nitrogens with zero attached hydrogens (tertiary/aromatic N) is 1. The first kappa shape index (κ1) is 12.5. The van der Waals surface area contributed by atoms with E-state index in [1.54, 1.807) is 12.1 Å². The summed E-state index contributed by atoms with van der Waals surface area (Å²) >= 11 is 0. The summed E-state index contributed by atoms with van der Waals surface area (Å²) in [5, 5.41) is 21.7. The summed E-state index contributed by atoms with van der Waals surface area (Å²) in [6.45, 7) is 0.572. The summed E-state index contributed by atoms with van der Waals surface area (Å²) in [4.78, 5) is 4.08. The van der Waals surface area contributed by atoms with E-state index in [-0.39, 0.29) is 18.4 Å². The van der Waals surface area contributed by atoms with E-state index in [2.05, 4.69) is 10.3 Å². The lowest BCUT2D eigenvalue weighted by Crippen LogP contribution is -2.24. The number of hydrogen-bond donors (Lipinski definition) is 3. The van der Waals surface area contributed by atoms with Gasteiger partial charge in [-0.25, -0.2) is 0 Å². The second-order valence-corrected chi connectivity index (χ2v) is 4.03. The first-order valence-corrected chi connectivity index (χ1v) is 5.82. The molecule has 4 nitrogen and oxygen atoms in total. The fourth-order valence-corrected chi connectivity index (χ4v) is 1.72. The minimum atomic E-state index is -0.109. The van der Waals surface area contributed by atoms with Gasteiger partial charge in [0, 0.05) is 6.54 Å². The highest BCUT2D eigenvalue weighted by molar-refractivity contribution is 5.20. The van der Waals surface area contributed by atoms with Crippen LogP contribution in [-0.2, 0) is 6.54 Å². The molecule has 1 aromatic heterocycles. The van der Waals surface area contributed by atoms with E-state index in [0.29, 0.717) is 6.54 Å². The number of pyridine rings is 1. The molecule has 0 saturated carbocycles. The normalized spacial score (nSPS) is 12.3. The summed E-state index contributed by atoms with van der Waals surface area (Å²) in [6.07, 6.45) is 1.41. The molecule has 0 aliphatic carbocycles. The first-order valence-electron chi connectivity index (χ1n) is 5.82. The van der Waals surface area contributed by atoms with Crippen LogP contribution >= 0.6 is 0 Å². The van der Waals surface area contributed by atoms with Crippen molar-refractivity contribution in [3.05, 3.63) is 59.9 Å². The Kier molecular flexibility index (Phi) is 4.28. The van der Waals surface area contributed by atoms with E-state index in [4.69, 9.17) is 5.11 Å². The van der Waals surface area contributed by atoms with E-state index >= 15 is 0 Å². The molecule has 0 saturated heterocycles. The Morgan fingerprint density at radius 3 is 2.50 bits per heavy atom. The monoisotopic (exact) mass is 244 g/mol.